The molecule has 0 unspecified atom stereocenters. The average Bonchev–Trinajstić information content (AvgIpc) is 3.18. The molecule has 1 aromatic carbocycles. The number of hydrogen-bond acceptors (Lipinski definition) is 6. The highest BCUT2D eigenvalue weighted by Gasteiger charge is 2.17. The van der Waals surface area contributed by atoms with E-state index in [1.165, 1.54) is 17.4 Å². The van der Waals surface area contributed by atoms with E-state index in [1.807, 2.05) is 6.92 Å². The van der Waals surface area contributed by atoms with E-state index in [-0.39, 0.29) is 5.91 Å². The number of aryl methyl sites for hydroxylation is 1. The molecule has 0 radical (unpaired) electrons. The first-order valence-corrected chi connectivity index (χ1v) is 8.27. The lowest BCUT2D eigenvalue weighted by atomic mass is 10.2. The number of aromatic nitrogens is 3. The number of benzene rings is 1. The number of anilines is 1. The van der Waals surface area contributed by atoms with Gasteiger partial charge >= 0.3 is 0 Å². The normalized spacial score (nSPS) is 10.7. The highest BCUT2D eigenvalue weighted by Crippen LogP contribution is 2.26. The zero-order chi connectivity index (χ0) is 16.4. The van der Waals surface area contributed by atoms with Crippen molar-refractivity contribution in [3.8, 4) is 11.3 Å². The first kappa shape index (κ1) is 15.6. The molecule has 118 valence electrons. The van der Waals surface area contributed by atoms with Gasteiger partial charge in [-0.15, -0.1) is 16.4 Å². The standard InChI is InChI=1S/C14H10F2N4OS2/c1-2-10-12(23-20-19-10)13(21)18-14-17-11(6-22-14)7-3-4-8(15)9(16)5-7/h3-6H,2H2,1H3,(H,17,18,21). The fourth-order valence-corrected chi connectivity index (χ4v) is 3.25. The molecular weight excluding hydrogens is 342 g/mol. The maximum absolute atomic E-state index is 13.3. The van der Waals surface area contributed by atoms with Gasteiger partial charge in [-0.2, -0.15) is 0 Å². The molecule has 0 aliphatic rings. The molecule has 0 atom stereocenters. The van der Waals surface area contributed by atoms with Gasteiger partial charge < -0.3 is 0 Å². The molecule has 5 nitrogen and oxygen atoms in total. The Labute approximate surface area is 138 Å². The molecule has 3 rings (SSSR count). The smallest absolute Gasteiger partial charge is 0.271 e. The predicted molar refractivity (Wildman–Crippen MR) is 84.7 cm³/mol. The molecule has 0 fully saturated rings. The summed E-state index contributed by atoms with van der Waals surface area (Å²) in [5, 5.41) is 8.57. The van der Waals surface area contributed by atoms with E-state index < -0.39 is 11.6 Å². The van der Waals surface area contributed by atoms with Crippen molar-refractivity contribution in [1.29, 1.82) is 0 Å². The minimum absolute atomic E-state index is 0.331. The van der Waals surface area contributed by atoms with E-state index in [1.54, 1.807) is 5.38 Å². The molecule has 0 bridgehead atoms. The molecular formula is C14H10F2N4OS2. The minimum atomic E-state index is -0.940. The zero-order valence-corrected chi connectivity index (χ0v) is 13.5. The third kappa shape index (κ3) is 3.25. The van der Waals surface area contributed by atoms with Gasteiger partial charge in [0.2, 0.25) is 0 Å². The van der Waals surface area contributed by atoms with Crippen LogP contribution in [-0.2, 0) is 6.42 Å². The Morgan fingerprint density at radius 1 is 1.30 bits per heavy atom. The second kappa shape index (κ2) is 6.47. The summed E-state index contributed by atoms with van der Waals surface area (Å²) in [5.41, 5.74) is 1.53. The van der Waals surface area contributed by atoms with Crippen molar-refractivity contribution >= 4 is 33.9 Å². The Bertz CT molecular complexity index is 862. The van der Waals surface area contributed by atoms with Gasteiger partial charge in [-0.3, -0.25) is 10.1 Å². The first-order chi connectivity index (χ1) is 11.1. The summed E-state index contributed by atoms with van der Waals surface area (Å²) >= 11 is 2.22. The van der Waals surface area contributed by atoms with Crippen LogP contribution in [0.5, 0.6) is 0 Å². The average molecular weight is 352 g/mol. The topological polar surface area (TPSA) is 67.8 Å². The third-order valence-corrected chi connectivity index (χ3v) is 4.56. The summed E-state index contributed by atoms with van der Waals surface area (Å²) in [4.78, 5) is 16.8. The maximum Gasteiger partial charge on any atom is 0.271 e. The number of thiazole rings is 1. The summed E-state index contributed by atoms with van der Waals surface area (Å²) in [6.45, 7) is 1.89. The molecule has 0 saturated heterocycles. The van der Waals surface area contributed by atoms with Gasteiger partial charge in [0.05, 0.1) is 11.4 Å². The van der Waals surface area contributed by atoms with Crippen LogP contribution in [0.2, 0.25) is 0 Å². The van der Waals surface area contributed by atoms with Gasteiger partial charge in [-0.1, -0.05) is 11.4 Å². The summed E-state index contributed by atoms with van der Waals surface area (Å²) < 4.78 is 30.0. The molecule has 0 aliphatic heterocycles. The molecule has 9 heteroatoms. The van der Waals surface area contributed by atoms with Crippen LogP contribution in [-0.4, -0.2) is 20.5 Å². The van der Waals surface area contributed by atoms with Crippen molar-refractivity contribution in [2.45, 2.75) is 13.3 Å². The lowest BCUT2D eigenvalue weighted by Gasteiger charge is -2.00. The van der Waals surface area contributed by atoms with Crippen LogP contribution in [0.15, 0.2) is 23.6 Å². The van der Waals surface area contributed by atoms with Gasteiger partial charge in [0.25, 0.3) is 5.91 Å². The van der Waals surface area contributed by atoms with Gasteiger partial charge in [0, 0.05) is 10.9 Å². The quantitative estimate of drug-likeness (QED) is 0.776. The lowest BCUT2D eigenvalue weighted by molar-refractivity contribution is 0.102. The number of carbonyl (C=O) groups is 1. The molecule has 1 amide bonds. The molecule has 2 aromatic heterocycles. The molecule has 1 N–H and O–H groups in total. The Hall–Kier alpha value is -2.26. The number of rotatable bonds is 4. The van der Waals surface area contributed by atoms with Crippen molar-refractivity contribution in [1.82, 2.24) is 14.6 Å². The third-order valence-electron chi connectivity index (χ3n) is 3.04. The van der Waals surface area contributed by atoms with Crippen molar-refractivity contribution in [3.05, 3.63) is 45.8 Å². The Kier molecular flexibility index (Phi) is 4.39. The van der Waals surface area contributed by atoms with Crippen LogP contribution in [0.25, 0.3) is 11.3 Å². The first-order valence-electron chi connectivity index (χ1n) is 6.62. The Morgan fingerprint density at radius 3 is 2.87 bits per heavy atom. The Balaban J connectivity index is 1.79. The van der Waals surface area contributed by atoms with E-state index in [2.05, 4.69) is 19.9 Å². The second-order valence-electron chi connectivity index (χ2n) is 4.52. The molecule has 2 heterocycles. The van der Waals surface area contributed by atoms with Crippen LogP contribution < -0.4 is 5.32 Å². The van der Waals surface area contributed by atoms with Crippen molar-refractivity contribution in [3.63, 3.8) is 0 Å². The highest BCUT2D eigenvalue weighted by molar-refractivity contribution is 7.14. The Morgan fingerprint density at radius 2 is 2.13 bits per heavy atom. The second-order valence-corrected chi connectivity index (χ2v) is 6.14. The van der Waals surface area contributed by atoms with E-state index in [0.29, 0.717) is 33.4 Å². The van der Waals surface area contributed by atoms with Gasteiger partial charge in [0.15, 0.2) is 16.8 Å². The number of amides is 1. The number of carbonyl (C=O) groups excluding carboxylic acids is 1. The molecule has 0 saturated carbocycles. The molecule has 0 spiro atoms. The highest BCUT2D eigenvalue weighted by atomic mass is 32.1. The lowest BCUT2D eigenvalue weighted by Crippen LogP contribution is -2.12. The van der Waals surface area contributed by atoms with Crippen LogP contribution in [0.4, 0.5) is 13.9 Å². The van der Waals surface area contributed by atoms with Crippen molar-refractivity contribution < 1.29 is 13.6 Å². The number of nitrogens with one attached hydrogen (secondary N) is 1. The summed E-state index contributed by atoms with van der Waals surface area (Å²) in [5.74, 6) is -2.19. The van der Waals surface area contributed by atoms with Crippen LogP contribution in [0.3, 0.4) is 0 Å². The maximum atomic E-state index is 13.3. The van der Waals surface area contributed by atoms with E-state index in [9.17, 15) is 13.6 Å². The fraction of sp³-hybridized carbons (Fsp3) is 0.143. The van der Waals surface area contributed by atoms with Gasteiger partial charge in [-0.05, 0) is 36.2 Å². The van der Waals surface area contributed by atoms with Crippen LogP contribution in [0, 0.1) is 11.6 Å². The van der Waals surface area contributed by atoms with Crippen LogP contribution >= 0.6 is 22.9 Å². The van der Waals surface area contributed by atoms with Gasteiger partial charge in [-0.25, -0.2) is 13.8 Å². The van der Waals surface area contributed by atoms with E-state index >= 15 is 0 Å². The fourth-order valence-electron chi connectivity index (χ4n) is 1.89. The van der Waals surface area contributed by atoms with E-state index in [0.717, 1.165) is 23.7 Å². The number of halogens is 2. The number of nitrogens with zero attached hydrogens (tertiary/aromatic N) is 3. The molecule has 23 heavy (non-hydrogen) atoms. The van der Waals surface area contributed by atoms with Crippen molar-refractivity contribution in [2.75, 3.05) is 5.32 Å². The SMILES string of the molecule is CCc1nnsc1C(=O)Nc1nc(-c2ccc(F)c(F)c2)cs1. The minimum Gasteiger partial charge on any atom is -0.297 e. The molecule has 0 aliphatic carbocycles. The van der Waals surface area contributed by atoms with Gasteiger partial charge in [0.1, 0.15) is 4.88 Å². The largest absolute Gasteiger partial charge is 0.297 e. The monoisotopic (exact) mass is 352 g/mol. The van der Waals surface area contributed by atoms with Crippen LogP contribution in [0.1, 0.15) is 22.3 Å². The summed E-state index contributed by atoms with van der Waals surface area (Å²) in [6.07, 6.45) is 0.608. The molecule has 3 aromatic rings. The van der Waals surface area contributed by atoms with E-state index in [4.69, 9.17) is 0 Å². The number of hydrogen-bond donors (Lipinski definition) is 1. The predicted octanol–water partition coefficient (Wildman–Crippen LogP) is 3.75. The van der Waals surface area contributed by atoms with Crippen molar-refractivity contribution in [2.24, 2.45) is 0 Å². The summed E-state index contributed by atoms with van der Waals surface area (Å²) in [7, 11) is 0. The zero-order valence-electron chi connectivity index (χ0n) is 11.8. The summed E-state index contributed by atoms with van der Waals surface area (Å²) in [6, 6.07) is 3.54.